The second kappa shape index (κ2) is 2.21. The monoisotopic (exact) mass is 146 g/mol. The summed E-state index contributed by atoms with van der Waals surface area (Å²) < 4.78 is 0.131. The summed E-state index contributed by atoms with van der Waals surface area (Å²) >= 11 is 1.69. The van der Waals surface area contributed by atoms with Gasteiger partial charge in [-0.05, 0) is 19.1 Å². The molecule has 1 aliphatic carbocycles. The van der Waals surface area contributed by atoms with E-state index in [0.29, 0.717) is 6.42 Å². The first-order valence-corrected chi connectivity index (χ1v) is 4.18. The summed E-state index contributed by atoms with van der Waals surface area (Å²) in [5.74, 6) is -0.665. The first kappa shape index (κ1) is 6.93. The van der Waals surface area contributed by atoms with E-state index in [4.69, 9.17) is 5.11 Å². The number of thioether (sulfide) groups is 1. The molecule has 1 rings (SSSR count). The van der Waals surface area contributed by atoms with Crippen LogP contribution in [0.5, 0.6) is 0 Å². The average molecular weight is 146 g/mol. The fraction of sp³-hybridized carbons (Fsp3) is 0.833. The topological polar surface area (TPSA) is 37.3 Å². The van der Waals surface area contributed by atoms with E-state index < -0.39 is 5.97 Å². The van der Waals surface area contributed by atoms with Gasteiger partial charge in [0, 0.05) is 4.75 Å². The maximum absolute atomic E-state index is 10.2. The first-order chi connectivity index (χ1) is 4.18. The lowest BCUT2D eigenvalue weighted by molar-refractivity contribution is -0.137. The highest BCUT2D eigenvalue weighted by Crippen LogP contribution is 2.49. The summed E-state index contributed by atoms with van der Waals surface area (Å²) in [7, 11) is 0. The minimum atomic E-state index is -0.665. The fourth-order valence-corrected chi connectivity index (χ4v) is 1.65. The van der Waals surface area contributed by atoms with Crippen molar-refractivity contribution < 1.29 is 9.90 Å². The van der Waals surface area contributed by atoms with E-state index in [1.54, 1.807) is 11.8 Å². The molecule has 52 valence electrons. The Hall–Kier alpha value is -0.180. The molecule has 0 aromatic carbocycles. The minimum absolute atomic E-state index is 0.131. The Morgan fingerprint density at radius 1 is 1.78 bits per heavy atom. The van der Waals surface area contributed by atoms with Gasteiger partial charge < -0.3 is 5.11 Å². The van der Waals surface area contributed by atoms with Crippen LogP contribution in [0.1, 0.15) is 19.3 Å². The standard InChI is InChI=1S/C6H10O2S/c1-9-6(2-3-6)4-5(7)8/h2-4H2,1H3,(H,7,8). The summed E-state index contributed by atoms with van der Waals surface area (Å²) in [6, 6.07) is 0. The van der Waals surface area contributed by atoms with Crippen LogP contribution >= 0.6 is 11.8 Å². The number of rotatable bonds is 3. The van der Waals surface area contributed by atoms with Crippen molar-refractivity contribution in [1.82, 2.24) is 0 Å². The van der Waals surface area contributed by atoms with Crippen molar-refractivity contribution in [3.05, 3.63) is 0 Å². The van der Waals surface area contributed by atoms with E-state index in [1.807, 2.05) is 6.26 Å². The van der Waals surface area contributed by atoms with Crippen LogP contribution < -0.4 is 0 Å². The zero-order valence-corrected chi connectivity index (χ0v) is 6.20. The third-order valence-electron chi connectivity index (χ3n) is 1.71. The first-order valence-electron chi connectivity index (χ1n) is 2.95. The molecule has 0 radical (unpaired) electrons. The van der Waals surface area contributed by atoms with Crippen LogP contribution in [0, 0.1) is 0 Å². The molecule has 1 aliphatic rings. The molecule has 0 saturated heterocycles. The predicted molar refractivity (Wildman–Crippen MR) is 37.7 cm³/mol. The molecular formula is C6H10O2S. The van der Waals surface area contributed by atoms with Gasteiger partial charge in [-0.25, -0.2) is 0 Å². The smallest absolute Gasteiger partial charge is 0.304 e. The molecule has 0 aliphatic heterocycles. The summed E-state index contributed by atoms with van der Waals surface area (Å²) in [6.07, 6.45) is 4.49. The molecular weight excluding hydrogens is 136 g/mol. The maximum Gasteiger partial charge on any atom is 0.304 e. The molecule has 0 unspecified atom stereocenters. The highest BCUT2D eigenvalue weighted by atomic mass is 32.2. The van der Waals surface area contributed by atoms with Crippen molar-refractivity contribution >= 4 is 17.7 Å². The molecule has 0 aromatic heterocycles. The summed E-state index contributed by atoms with van der Waals surface area (Å²) in [5.41, 5.74) is 0. The molecule has 0 heterocycles. The normalized spacial score (nSPS) is 21.4. The lowest BCUT2D eigenvalue weighted by Gasteiger charge is -2.05. The number of carbonyl (C=O) groups is 1. The predicted octanol–water partition coefficient (Wildman–Crippen LogP) is 1.36. The summed E-state index contributed by atoms with van der Waals surface area (Å²) in [6.45, 7) is 0. The number of carboxylic acid groups (broad SMARTS) is 1. The molecule has 1 saturated carbocycles. The number of carboxylic acids is 1. The fourth-order valence-electron chi connectivity index (χ4n) is 0.868. The number of aliphatic carboxylic acids is 1. The number of hydrogen-bond acceptors (Lipinski definition) is 2. The van der Waals surface area contributed by atoms with Crippen LogP contribution in [0.4, 0.5) is 0 Å². The van der Waals surface area contributed by atoms with E-state index in [2.05, 4.69) is 0 Å². The summed E-state index contributed by atoms with van der Waals surface area (Å²) in [4.78, 5) is 10.2. The Balaban J connectivity index is 2.33. The highest BCUT2D eigenvalue weighted by molar-refractivity contribution is 8.00. The summed E-state index contributed by atoms with van der Waals surface area (Å²) in [5, 5.41) is 8.41. The van der Waals surface area contributed by atoms with Gasteiger partial charge in [-0.15, -0.1) is 0 Å². The lowest BCUT2D eigenvalue weighted by Crippen LogP contribution is -2.09. The van der Waals surface area contributed by atoms with Crippen molar-refractivity contribution in [2.45, 2.75) is 24.0 Å². The maximum atomic E-state index is 10.2. The quantitative estimate of drug-likeness (QED) is 0.653. The molecule has 3 heteroatoms. The van der Waals surface area contributed by atoms with E-state index in [9.17, 15) is 4.79 Å². The average Bonchev–Trinajstić information content (AvgIpc) is 2.48. The van der Waals surface area contributed by atoms with Crippen LogP contribution in [0.15, 0.2) is 0 Å². The van der Waals surface area contributed by atoms with Crippen LogP contribution in [-0.2, 0) is 4.79 Å². The third kappa shape index (κ3) is 1.61. The molecule has 2 nitrogen and oxygen atoms in total. The second-order valence-electron chi connectivity index (χ2n) is 2.46. The van der Waals surface area contributed by atoms with Gasteiger partial charge in [0.15, 0.2) is 0 Å². The van der Waals surface area contributed by atoms with Crippen molar-refractivity contribution in [1.29, 1.82) is 0 Å². The largest absolute Gasteiger partial charge is 0.481 e. The van der Waals surface area contributed by atoms with E-state index >= 15 is 0 Å². The van der Waals surface area contributed by atoms with Gasteiger partial charge in [-0.3, -0.25) is 4.79 Å². The second-order valence-corrected chi connectivity index (χ2v) is 3.73. The Morgan fingerprint density at radius 2 is 2.33 bits per heavy atom. The van der Waals surface area contributed by atoms with E-state index in [-0.39, 0.29) is 4.75 Å². The minimum Gasteiger partial charge on any atom is -0.481 e. The molecule has 9 heavy (non-hydrogen) atoms. The zero-order chi connectivity index (χ0) is 6.91. The molecule has 0 bridgehead atoms. The van der Waals surface area contributed by atoms with E-state index in [1.165, 1.54) is 0 Å². The van der Waals surface area contributed by atoms with Crippen molar-refractivity contribution in [2.24, 2.45) is 0 Å². The molecule has 1 fully saturated rings. The zero-order valence-electron chi connectivity index (χ0n) is 5.39. The van der Waals surface area contributed by atoms with Crippen molar-refractivity contribution in [2.75, 3.05) is 6.26 Å². The van der Waals surface area contributed by atoms with Gasteiger partial charge in [0.25, 0.3) is 0 Å². The van der Waals surface area contributed by atoms with Gasteiger partial charge in [0.1, 0.15) is 0 Å². The van der Waals surface area contributed by atoms with Crippen LogP contribution in [0.2, 0.25) is 0 Å². The van der Waals surface area contributed by atoms with Crippen LogP contribution in [0.25, 0.3) is 0 Å². The Bertz CT molecular complexity index is 129. The van der Waals surface area contributed by atoms with Gasteiger partial charge in [-0.2, -0.15) is 11.8 Å². The Labute approximate surface area is 58.6 Å². The van der Waals surface area contributed by atoms with Crippen LogP contribution in [-0.4, -0.2) is 22.1 Å². The SMILES string of the molecule is CSC1(CC(=O)O)CC1. The third-order valence-corrected chi connectivity index (χ3v) is 3.13. The highest BCUT2D eigenvalue weighted by Gasteiger charge is 2.43. The van der Waals surface area contributed by atoms with Gasteiger partial charge >= 0.3 is 5.97 Å². The van der Waals surface area contributed by atoms with Gasteiger partial charge in [0.05, 0.1) is 6.42 Å². The Morgan fingerprint density at radius 3 is 2.44 bits per heavy atom. The van der Waals surface area contributed by atoms with Crippen LogP contribution in [0.3, 0.4) is 0 Å². The molecule has 0 amide bonds. The molecule has 0 spiro atoms. The molecule has 1 N–H and O–H groups in total. The van der Waals surface area contributed by atoms with Crippen molar-refractivity contribution in [3.8, 4) is 0 Å². The van der Waals surface area contributed by atoms with Crippen molar-refractivity contribution in [3.63, 3.8) is 0 Å². The number of hydrogen-bond donors (Lipinski definition) is 1. The lowest BCUT2D eigenvalue weighted by atomic mass is 10.3. The molecule has 0 atom stereocenters. The van der Waals surface area contributed by atoms with Gasteiger partial charge in [-0.1, -0.05) is 0 Å². The van der Waals surface area contributed by atoms with Gasteiger partial charge in [0.2, 0.25) is 0 Å². The Kier molecular flexibility index (Phi) is 1.70. The van der Waals surface area contributed by atoms with E-state index in [0.717, 1.165) is 12.8 Å². The molecule has 0 aromatic rings.